The number of nitrogens with zero attached hydrogens (tertiary/aromatic N) is 1. The second-order valence-corrected chi connectivity index (χ2v) is 8.76. The molecule has 1 aliphatic carbocycles. The standard InChI is InChI=1S/C20H17ClFNO2S2/c21-15-10-12(6-8-16(15)22)17-9-7-14(25-17)11-18-19(24)23(20(26)27-18)13-4-2-1-3-5-13/h6-11,13H,1-5H2/b18-11-. The molecule has 1 saturated carbocycles. The number of carbonyl (C=O) groups excluding carboxylic acids is 1. The zero-order chi connectivity index (χ0) is 19.0. The third-order valence-corrected chi connectivity index (χ3v) is 6.49. The van der Waals surface area contributed by atoms with Gasteiger partial charge in [-0.3, -0.25) is 9.69 Å². The Kier molecular flexibility index (Phi) is 5.39. The summed E-state index contributed by atoms with van der Waals surface area (Å²) in [6.45, 7) is 0. The average Bonchev–Trinajstić information content (AvgIpc) is 3.23. The highest BCUT2D eigenvalue weighted by molar-refractivity contribution is 8.26. The summed E-state index contributed by atoms with van der Waals surface area (Å²) in [5, 5.41) is 0.0406. The number of amides is 1. The molecular weight excluding hydrogens is 405 g/mol. The van der Waals surface area contributed by atoms with E-state index in [0.29, 0.717) is 26.3 Å². The third kappa shape index (κ3) is 3.84. The highest BCUT2D eigenvalue weighted by atomic mass is 35.5. The Labute approximate surface area is 171 Å². The molecule has 0 unspecified atom stereocenters. The molecule has 0 N–H and O–H groups in total. The van der Waals surface area contributed by atoms with E-state index in [0.717, 1.165) is 25.7 Å². The minimum absolute atomic E-state index is 0.0406. The Morgan fingerprint density at radius 3 is 2.74 bits per heavy atom. The molecule has 2 fully saturated rings. The predicted molar refractivity (Wildman–Crippen MR) is 111 cm³/mol. The van der Waals surface area contributed by atoms with Crippen LogP contribution < -0.4 is 0 Å². The third-order valence-electron chi connectivity index (χ3n) is 4.87. The van der Waals surface area contributed by atoms with Gasteiger partial charge in [0.15, 0.2) is 0 Å². The minimum atomic E-state index is -0.474. The Hall–Kier alpha value is -1.63. The van der Waals surface area contributed by atoms with E-state index in [-0.39, 0.29) is 17.0 Å². The van der Waals surface area contributed by atoms with Gasteiger partial charge in [0, 0.05) is 17.7 Å². The molecule has 0 spiro atoms. The van der Waals surface area contributed by atoms with Gasteiger partial charge in [0.1, 0.15) is 21.7 Å². The van der Waals surface area contributed by atoms with Gasteiger partial charge in [-0.2, -0.15) is 0 Å². The van der Waals surface area contributed by atoms with Crippen LogP contribution in [0.2, 0.25) is 5.02 Å². The van der Waals surface area contributed by atoms with Crippen LogP contribution >= 0.6 is 35.6 Å². The zero-order valence-corrected chi connectivity index (χ0v) is 16.8. The van der Waals surface area contributed by atoms with Crippen LogP contribution in [0, 0.1) is 5.82 Å². The van der Waals surface area contributed by atoms with Crippen molar-refractivity contribution in [1.82, 2.24) is 4.90 Å². The van der Waals surface area contributed by atoms with E-state index < -0.39 is 5.82 Å². The monoisotopic (exact) mass is 421 g/mol. The first-order valence-electron chi connectivity index (χ1n) is 8.85. The molecule has 1 aromatic heterocycles. The van der Waals surface area contributed by atoms with Crippen molar-refractivity contribution in [2.75, 3.05) is 0 Å². The van der Waals surface area contributed by atoms with Crippen molar-refractivity contribution in [2.45, 2.75) is 38.1 Å². The number of rotatable bonds is 3. The minimum Gasteiger partial charge on any atom is -0.457 e. The highest BCUT2D eigenvalue weighted by Crippen LogP contribution is 2.38. The summed E-state index contributed by atoms with van der Waals surface area (Å²) >= 11 is 12.6. The fourth-order valence-corrected chi connectivity index (χ4v) is 5.06. The van der Waals surface area contributed by atoms with Crippen molar-refractivity contribution < 1.29 is 13.6 Å². The summed E-state index contributed by atoms with van der Waals surface area (Å²) in [4.78, 5) is 15.2. The van der Waals surface area contributed by atoms with Gasteiger partial charge in [0.2, 0.25) is 0 Å². The molecule has 2 aliphatic rings. The Bertz CT molecular complexity index is 934. The highest BCUT2D eigenvalue weighted by Gasteiger charge is 2.37. The summed E-state index contributed by atoms with van der Waals surface area (Å²) in [5.41, 5.74) is 0.677. The van der Waals surface area contributed by atoms with Gasteiger partial charge in [-0.1, -0.05) is 54.8 Å². The SMILES string of the molecule is O=C1/C(=C/c2ccc(-c3ccc(F)c(Cl)c3)o2)SC(=S)N1C1CCCCC1. The van der Waals surface area contributed by atoms with Crippen LogP contribution in [0.5, 0.6) is 0 Å². The van der Waals surface area contributed by atoms with Crippen LogP contribution in [-0.4, -0.2) is 21.2 Å². The lowest BCUT2D eigenvalue weighted by Crippen LogP contribution is -2.39. The fourth-order valence-electron chi connectivity index (χ4n) is 3.50. The van der Waals surface area contributed by atoms with Crippen molar-refractivity contribution in [2.24, 2.45) is 0 Å². The van der Waals surface area contributed by atoms with E-state index in [9.17, 15) is 9.18 Å². The van der Waals surface area contributed by atoms with Gasteiger partial charge in [-0.05, 0) is 43.2 Å². The van der Waals surface area contributed by atoms with E-state index >= 15 is 0 Å². The molecule has 2 aromatic rings. The van der Waals surface area contributed by atoms with E-state index in [1.165, 1.54) is 30.3 Å². The Morgan fingerprint density at radius 1 is 1.22 bits per heavy atom. The van der Waals surface area contributed by atoms with Gasteiger partial charge in [0.05, 0.1) is 9.93 Å². The smallest absolute Gasteiger partial charge is 0.266 e. The van der Waals surface area contributed by atoms with Gasteiger partial charge in [0.25, 0.3) is 5.91 Å². The molecule has 3 nitrogen and oxygen atoms in total. The first-order chi connectivity index (χ1) is 13.0. The Morgan fingerprint density at radius 2 is 2.00 bits per heavy atom. The lowest BCUT2D eigenvalue weighted by Gasteiger charge is -2.29. The first-order valence-corrected chi connectivity index (χ1v) is 10.5. The zero-order valence-electron chi connectivity index (χ0n) is 14.4. The van der Waals surface area contributed by atoms with E-state index in [1.807, 2.05) is 0 Å². The summed E-state index contributed by atoms with van der Waals surface area (Å²) in [6.07, 6.45) is 7.25. The number of halogens is 2. The van der Waals surface area contributed by atoms with Gasteiger partial charge in [-0.25, -0.2) is 4.39 Å². The normalized spacial score (nSPS) is 20.1. The summed E-state index contributed by atoms with van der Waals surface area (Å²) in [7, 11) is 0. The lowest BCUT2D eigenvalue weighted by atomic mass is 9.94. The van der Waals surface area contributed by atoms with Crippen LogP contribution in [0.4, 0.5) is 4.39 Å². The van der Waals surface area contributed by atoms with Crippen molar-refractivity contribution in [3.63, 3.8) is 0 Å². The van der Waals surface area contributed by atoms with Crippen LogP contribution in [0.25, 0.3) is 17.4 Å². The maximum Gasteiger partial charge on any atom is 0.266 e. The molecular formula is C20H17ClFNO2S2. The second kappa shape index (κ2) is 7.78. The molecule has 140 valence electrons. The molecule has 7 heteroatoms. The van der Waals surface area contributed by atoms with Crippen LogP contribution in [-0.2, 0) is 4.79 Å². The number of furan rings is 1. The maximum atomic E-state index is 13.3. The maximum absolute atomic E-state index is 13.3. The number of thioether (sulfide) groups is 1. The topological polar surface area (TPSA) is 33.5 Å². The number of hydrogen-bond donors (Lipinski definition) is 0. The van der Waals surface area contributed by atoms with E-state index in [2.05, 4.69) is 0 Å². The van der Waals surface area contributed by atoms with Gasteiger partial charge < -0.3 is 4.42 Å². The molecule has 0 bridgehead atoms. The van der Waals surface area contributed by atoms with Crippen LogP contribution in [0.15, 0.2) is 39.7 Å². The quantitative estimate of drug-likeness (QED) is 0.431. The van der Waals surface area contributed by atoms with Crippen LogP contribution in [0.1, 0.15) is 37.9 Å². The molecule has 1 amide bonds. The molecule has 0 radical (unpaired) electrons. The predicted octanol–water partition coefficient (Wildman–Crippen LogP) is 6.27. The Balaban J connectivity index is 1.55. The molecule has 0 atom stereocenters. The van der Waals surface area contributed by atoms with Crippen molar-refractivity contribution >= 4 is 51.9 Å². The van der Waals surface area contributed by atoms with Crippen molar-refractivity contribution in [1.29, 1.82) is 0 Å². The number of thiocarbonyl (C=S) groups is 1. The van der Waals surface area contributed by atoms with E-state index in [1.54, 1.807) is 29.2 Å². The molecule has 4 rings (SSSR count). The molecule has 1 aliphatic heterocycles. The first kappa shape index (κ1) is 18.7. The number of carbonyl (C=O) groups is 1. The van der Waals surface area contributed by atoms with Gasteiger partial charge in [-0.15, -0.1) is 0 Å². The summed E-state index contributed by atoms with van der Waals surface area (Å²) < 4.78 is 19.8. The van der Waals surface area contributed by atoms with Crippen LogP contribution in [0.3, 0.4) is 0 Å². The van der Waals surface area contributed by atoms with E-state index in [4.69, 9.17) is 28.2 Å². The molecule has 1 saturated heterocycles. The van der Waals surface area contributed by atoms with Crippen molar-refractivity contribution in [3.05, 3.63) is 51.8 Å². The summed E-state index contributed by atoms with van der Waals surface area (Å²) in [6, 6.07) is 8.19. The fraction of sp³-hybridized carbons (Fsp3) is 0.300. The molecule has 2 heterocycles. The van der Waals surface area contributed by atoms with Crippen molar-refractivity contribution in [3.8, 4) is 11.3 Å². The lowest BCUT2D eigenvalue weighted by molar-refractivity contribution is -0.124. The van der Waals surface area contributed by atoms with Gasteiger partial charge >= 0.3 is 0 Å². The second-order valence-electron chi connectivity index (χ2n) is 6.67. The average molecular weight is 422 g/mol. The molecule has 1 aromatic carbocycles. The number of benzene rings is 1. The molecule has 27 heavy (non-hydrogen) atoms. The summed E-state index contributed by atoms with van der Waals surface area (Å²) in [5.74, 6) is 0.596. The number of hydrogen-bond acceptors (Lipinski definition) is 4. The largest absolute Gasteiger partial charge is 0.457 e.